The van der Waals surface area contributed by atoms with E-state index in [-0.39, 0.29) is 17.2 Å². The standard InChI is InChI=1S/C20H24FN3O3/c1-4-10-24(11-5-2)19(26)14-12-17(20(27)23(3)13-14)22-18(25)15-8-6-7-9-16(15)21/h6-9,12-13H,4-5,10-11H2,1-3H3,(H,22,25). The van der Waals surface area contributed by atoms with Crippen LogP contribution in [0.4, 0.5) is 10.1 Å². The molecule has 0 fully saturated rings. The molecule has 0 aliphatic rings. The molecule has 0 saturated heterocycles. The van der Waals surface area contributed by atoms with Crippen LogP contribution >= 0.6 is 0 Å². The van der Waals surface area contributed by atoms with Gasteiger partial charge in [-0.05, 0) is 31.0 Å². The number of nitrogens with one attached hydrogen (secondary N) is 1. The molecule has 0 aliphatic carbocycles. The number of rotatable bonds is 7. The Morgan fingerprint density at radius 3 is 2.37 bits per heavy atom. The second kappa shape index (κ2) is 9.12. The van der Waals surface area contributed by atoms with Gasteiger partial charge in [-0.1, -0.05) is 26.0 Å². The smallest absolute Gasteiger partial charge is 0.274 e. The maximum absolute atomic E-state index is 13.8. The van der Waals surface area contributed by atoms with Crippen LogP contribution in [0.1, 0.15) is 47.4 Å². The number of benzene rings is 1. The van der Waals surface area contributed by atoms with Crippen LogP contribution in [-0.2, 0) is 7.05 Å². The third-order valence-corrected chi connectivity index (χ3v) is 4.07. The number of hydrogen-bond donors (Lipinski definition) is 1. The molecule has 0 atom stereocenters. The van der Waals surface area contributed by atoms with E-state index < -0.39 is 17.3 Å². The molecule has 0 aliphatic heterocycles. The average Bonchev–Trinajstić information content (AvgIpc) is 2.64. The van der Waals surface area contributed by atoms with Crippen LogP contribution in [0, 0.1) is 5.82 Å². The molecule has 144 valence electrons. The SMILES string of the molecule is CCCN(CCC)C(=O)c1cc(NC(=O)c2ccccc2F)c(=O)n(C)c1. The summed E-state index contributed by atoms with van der Waals surface area (Å²) in [5.74, 6) is -1.64. The van der Waals surface area contributed by atoms with Crippen molar-refractivity contribution in [2.75, 3.05) is 18.4 Å². The predicted octanol–water partition coefficient (Wildman–Crippen LogP) is 3.04. The lowest BCUT2D eigenvalue weighted by molar-refractivity contribution is 0.0754. The minimum atomic E-state index is -0.742. The number of nitrogens with zero attached hydrogens (tertiary/aromatic N) is 2. The highest BCUT2D eigenvalue weighted by Crippen LogP contribution is 2.13. The van der Waals surface area contributed by atoms with Crippen molar-refractivity contribution < 1.29 is 14.0 Å². The lowest BCUT2D eigenvalue weighted by Crippen LogP contribution is -2.34. The van der Waals surface area contributed by atoms with Gasteiger partial charge in [0.25, 0.3) is 17.4 Å². The van der Waals surface area contributed by atoms with E-state index in [4.69, 9.17) is 0 Å². The Balaban J connectivity index is 2.35. The molecule has 27 heavy (non-hydrogen) atoms. The van der Waals surface area contributed by atoms with Crippen molar-refractivity contribution in [2.24, 2.45) is 7.05 Å². The van der Waals surface area contributed by atoms with Gasteiger partial charge in [0.05, 0.1) is 11.1 Å². The minimum absolute atomic E-state index is 0.0652. The molecule has 0 spiro atoms. The number of carbonyl (C=O) groups excluding carboxylic acids is 2. The van der Waals surface area contributed by atoms with Crippen LogP contribution < -0.4 is 10.9 Å². The first-order valence-electron chi connectivity index (χ1n) is 8.94. The van der Waals surface area contributed by atoms with Gasteiger partial charge >= 0.3 is 0 Å². The first-order chi connectivity index (χ1) is 12.9. The molecule has 0 saturated carbocycles. The summed E-state index contributed by atoms with van der Waals surface area (Å²) in [5, 5.41) is 2.42. The van der Waals surface area contributed by atoms with Crippen LogP contribution in [-0.4, -0.2) is 34.4 Å². The average molecular weight is 373 g/mol. The molecule has 0 unspecified atom stereocenters. The second-order valence-corrected chi connectivity index (χ2v) is 6.28. The van der Waals surface area contributed by atoms with Gasteiger partial charge < -0.3 is 14.8 Å². The second-order valence-electron chi connectivity index (χ2n) is 6.28. The Morgan fingerprint density at radius 1 is 1.15 bits per heavy atom. The van der Waals surface area contributed by atoms with Crippen LogP contribution in [0.15, 0.2) is 41.3 Å². The molecule has 1 heterocycles. The summed E-state index contributed by atoms with van der Waals surface area (Å²) in [6.07, 6.45) is 3.07. The minimum Gasteiger partial charge on any atom is -0.339 e. The topological polar surface area (TPSA) is 71.4 Å². The van der Waals surface area contributed by atoms with E-state index in [1.165, 1.54) is 48.1 Å². The fourth-order valence-electron chi connectivity index (χ4n) is 2.79. The number of hydrogen-bond acceptors (Lipinski definition) is 3. The molecular weight excluding hydrogens is 349 g/mol. The van der Waals surface area contributed by atoms with Gasteiger partial charge in [-0.3, -0.25) is 14.4 Å². The summed E-state index contributed by atoms with van der Waals surface area (Å²) < 4.78 is 15.0. The number of aryl methyl sites for hydroxylation is 1. The molecular formula is C20H24FN3O3. The predicted molar refractivity (Wildman–Crippen MR) is 103 cm³/mol. The number of halogens is 1. The Hall–Kier alpha value is -2.96. The largest absolute Gasteiger partial charge is 0.339 e. The Bertz CT molecular complexity index is 886. The van der Waals surface area contributed by atoms with Gasteiger partial charge in [-0.25, -0.2) is 4.39 Å². The molecule has 6 nitrogen and oxygen atoms in total. The van der Waals surface area contributed by atoms with Crippen molar-refractivity contribution in [3.8, 4) is 0 Å². The van der Waals surface area contributed by atoms with E-state index in [0.717, 1.165) is 12.8 Å². The zero-order valence-electron chi connectivity index (χ0n) is 15.8. The van der Waals surface area contributed by atoms with Gasteiger partial charge in [0.15, 0.2) is 0 Å². The van der Waals surface area contributed by atoms with Gasteiger partial charge in [0, 0.05) is 26.3 Å². The Kier molecular flexibility index (Phi) is 6.87. The maximum Gasteiger partial charge on any atom is 0.274 e. The Morgan fingerprint density at radius 2 is 1.78 bits per heavy atom. The highest BCUT2D eigenvalue weighted by Gasteiger charge is 2.19. The van der Waals surface area contributed by atoms with E-state index in [1.54, 1.807) is 4.90 Å². The molecule has 1 N–H and O–H groups in total. The first kappa shape index (κ1) is 20.4. The van der Waals surface area contributed by atoms with Crippen molar-refractivity contribution >= 4 is 17.5 Å². The number of carbonyl (C=O) groups is 2. The van der Waals surface area contributed by atoms with E-state index in [9.17, 15) is 18.8 Å². The van der Waals surface area contributed by atoms with Crippen molar-refractivity contribution in [3.63, 3.8) is 0 Å². The fourth-order valence-corrected chi connectivity index (χ4v) is 2.79. The quantitative estimate of drug-likeness (QED) is 0.811. The summed E-state index contributed by atoms with van der Waals surface area (Å²) in [5.41, 5.74) is -0.420. The third kappa shape index (κ3) is 4.81. The normalized spacial score (nSPS) is 10.5. The summed E-state index contributed by atoms with van der Waals surface area (Å²) in [4.78, 5) is 39.2. The van der Waals surface area contributed by atoms with Gasteiger partial charge in [0.1, 0.15) is 11.5 Å². The molecule has 1 aromatic heterocycles. The van der Waals surface area contributed by atoms with Crippen LogP contribution in [0.5, 0.6) is 0 Å². The fraction of sp³-hybridized carbons (Fsp3) is 0.350. The zero-order chi connectivity index (χ0) is 20.0. The Labute approximate surface area is 157 Å². The van der Waals surface area contributed by atoms with Gasteiger partial charge in [0.2, 0.25) is 0 Å². The van der Waals surface area contributed by atoms with E-state index >= 15 is 0 Å². The monoisotopic (exact) mass is 373 g/mol. The molecule has 0 radical (unpaired) electrons. The molecule has 0 bridgehead atoms. The highest BCUT2D eigenvalue weighted by atomic mass is 19.1. The van der Waals surface area contributed by atoms with E-state index in [2.05, 4.69) is 5.32 Å². The molecule has 2 aromatic rings. The number of pyridine rings is 1. The lowest BCUT2D eigenvalue weighted by atomic mass is 10.1. The lowest BCUT2D eigenvalue weighted by Gasteiger charge is -2.22. The molecule has 7 heteroatoms. The van der Waals surface area contributed by atoms with Crippen LogP contribution in [0.2, 0.25) is 0 Å². The van der Waals surface area contributed by atoms with E-state index in [1.807, 2.05) is 13.8 Å². The number of amides is 2. The molecule has 2 amide bonds. The summed E-state index contributed by atoms with van der Waals surface area (Å²) in [6, 6.07) is 6.85. The third-order valence-electron chi connectivity index (χ3n) is 4.07. The first-order valence-corrected chi connectivity index (χ1v) is 8.94. The van der Waals surface area contributed by atoms with Crippen molar-refractivity contribution in [1.29, 1.82) is 0 Å². The molecule has 1 aromatic carbocycles. The van der Waals surface area contributed by atoms with Crippen LogP contribution in [0.25, 0.3) is 0 Å². The highest BCUT2D eigenvalue weighted by molar-refractivity contribution is 6.05. The van der Waals surface area contributed by atoms with Gasteiger partial charge in [-0.15, -0.1) is 0 Å². The van der Waals surface area contributed by atoms with Crippen molar-refractivity contribution in [1.82, 2.24) is 9.47 Å². The summed E-state index contributed by atoms with van der Waals surface area (Å²) >= 11 is 0. The van der Waals surface area contributed by atoms with E-state index in [0.29, 0.717) is 18.7 Å². The zero-order valence-corrected chi connectivity index (χ0v) is 15.8. The number of aromatic nitrogens is 1. The number of anilines is 1. The maximum atomic E-state index is 13.8. The van der Waals surface area contributed by atoms with Gasteiger partial charge in [-0.2, -0.15) is 0 Å². The van der Waals surface area contributed by atoms with Crippen LogP contribution in [0.3, 0.4) is 0 Å². The summed E-state index contributed by atoms with van der Waals surface area (Å²) in [6.45, 7) is 5.17. The summed E-state index contributed by atoms with van der Waals surface area (Å²) in [7, 11) is 1.50. The van der Waals surface area contributed by atoms with Crippen molar-refractivity contribution in [2.45, 2.75) is 26.7 Å². The van der Waals surface area contributed by atoms with Crippen molar-refractivity contribution in [3.05, 3.63) is 63.8 Å². The molecule has 2 rings (SSSR count).